The van der Waals surface area contributed by atoms with Gasteiger partial charge in [0.2, 0.25) is 0 Å². The van der Waals surface area contributed by atoms with E-state index in [2.05, 4.69) is 22.1 Å². The van der Waals surface area contributed by atoms with Crippen LogP contribution in [0.3, 0.4) is 0 Å². The number of piperidine rings is 1. The highest BCUT2D eigenvalue weighted by atomic mass is 35.5. The summed E-state index contributed by atoms with van der Waals surface area (Å²) in [4.78, 5) is 18.3. The Morgan fingerprint density at radius 1 is 1.53 bits per heavy atom. The van der Waals surface area contributed by atoms with E-state index in [9.17, 15) is 4.79 Å². The van der Waals surface area contributed by atoms with Gasteiger partial charge in [-0.3, -0.25) is 4.79 Å². The number of hydrogen-bond acceptors (Lipinski definition) is 3. The van der Waals surface area contributed by atoms with Gasteiger partial charge < -0.3 is 10.2 Å². The van der Waals surface area contributed by atoms with Gasteiger partial charge in [0.1, 0.15) is 5.15 Å². The Morgan fingerprint density at radius 2 is 2.26 bits per heavy atom. The molecule has 2 rings (SSSR count). The van der Waals surface area contributed by atoms with Gasteiger partial charge in [-0.2, -0.15) is 0 Å². The SMILES string of the molecule is CCN1CCC(CNC(=O)c2ccnc(Cl)c2)CC1. The van der Waals surface area contributed by atoms with Gasteiger partial charge >= 0.3 is 0 Å². The van der Waals surface area contributed by atoms with Gasteiger partial charge in [-0.25, -0.2) is 4.98 Å². The van der Waals surface area contributed by atoms with E-state index < -0.39 is 0 Å². The summed E-state index contributed by atoms with van der Waals surface area (Å²) in [6, 6.07) is 3.28. The number of amides is 1. The second kappa shape index (κ2) is 6.87. The highest BCUT2D eigenvalue weighted by molar-refractivity contribution is 6.29. The first kappa shape index (κ1) is 14.3. The zero-order chi connectivity index (χ0) is 13.7. The molecule has 104 valence electrons. The van der Waals surface area contributed by atoms with Gasteiger partial charge in [-0.1, -0.05) is 18.5 Å². The van der Waals surface area contributed by atoms with Crippen LogP contribution < -0.4 is 5.32 Å². The van der Waals surface area contributed by atoms with Gasteiger partial charge in [-0.05, 0) is 50.5 Å². The molecule has 1 amide bonds. The fourth-order valence-corrected chi connectivity index (χ4v) is 2.56. The first-order chi connectivity index (χ1) is 9.19. The normalized spacial score (nSPS) is 17.4. The molecule has 2 heterocycles. The Hall–Kier alpha value is -1.13. The first-order valence-corrected chi connectivity index (χ1v) is 7.19. The van der Waals surface area contributed by atoms with Crippen LogP contribution in [0.5, 0.6) is 0 Å². The first-order valence-electron chi connectivity index (χ1n) is 6.81. The maximum Gasteiger partial charge on any atom is 0.251 e. The number of halogens is 1. The minimum absolute atomic E-state index is 0.0674. The van der Waals surface area contributed by atoms with Crippen LogP contribution in [0.15, 0.2) is 18.3 Å². The summed E-state index contributed by atoms with van der Waals surface area (Å²) in [5, 5.41) is 3.34. The third-order valence-electron chi connectivity index (χ3n) is 3.69. The van der Waals surface area contributed by atoms with Gasteiger partial charge in [0.25, 0.3) is 5.91 Å². The summed E-state index contributed by atoms with van der Waals surface area (Å²) in [6.45, 7) is 6.33. The molecule has 4 nitrogen and oxygen atoms in total. The number of carbonyl (C=O) groups excluding carboxylic acids is 1. The molecule has 1 aliphatic heterocycles. The second-order valence-electron chi connectivity index (χ2n) is 4.95. The summed E-state index contributed by atoms with van der Waals surface area (Å²) >= 11 is 5.77. The maximum atomic E-state index is 12.0. The van der Waals surface area contributed by atoms with E-state index in [1.54, 1.807) is 18.3 Å². The van der Waals surface area contributed by atoms with Crippen LogP contribution in [-0.2, 0) is 0 Å². The Kier molecular flexibility index (Phi) is 5.16. The largest absolute Gasteiger partial charge is 0.352 e. The summed E-state index contributed by atoms with van der Waals surface area (Å²) in [5.74, 6) is 0.520. The number of nitrogens with zero attached hydrogens (tertiary/aromatic N) is 2. The predicted octanol–water partition coefficient (Wildman–Crippen LogP) is 2.20. The van der Waals surface area contributed by atoms with E-state index in [1.165, 1.54) is 0 Å². The van der Waals surface area contributed by atoms with Crippen LogP contribution in [0.25, 0.3) is 0 Å². The van der Waals surface area contributed by atoms with Crippen molar-refractivity contribution in [2.75, 3.05) is 26.2 Å². The minimum Gasteiger partial charge on any atom is -0.352 e. The van der Waals surface area contributed by atoms with Crippen LogP contribution in [0.2, 0.25) is 5.15 Å². The average molecular weight is 282 g/mol. The quantitative estimate of drug-likeness (QED) is 0.861. The number of likely N-dealkylation sites (tertiary alicyclic amines) is 1. The van der Waals surface area contributed by atoms with Crippen LogP contribution in [0.4, 0.5) is 0 Å². The number of rotatable bonds is 4. The summed E-state index contributed by atoms with van der Waals surface area (Å²) < 4.78 is 0. The molecule has 0 saturated carbocycles. The Balaban J connectivity index is 1.78. The van der Waals surface area contributed by atoms with Crippen molar-refractivity contribution < 1.29 is 4.79 Å². The monoisotopic (exact) mass is 281 g/mol. The van der Waals surface area contributed by atoms with Crippen LogP contribution >= 0.6 is 11.6 Å². The van der Waals surface area contributed by atoms with Crippen molar-refractivity contribution in [2.45, 2.75) is 19.8 Å². The number of hydrogen-bond donors (Lipinski definition) is 1. The van der Waals surface area contributed by atoms with Crippen LogP contribution in [0, 0.1) is 5.92 Å². The molecule has 1 saturated heterocycles. The molecule has 1 aromatic heterocycles. The van der Waals surface area contributed by atoms with Crippen molar-refractivity contribution >= 4 is 17.5 Å². The molecule has 0 radical (unpaired) electrons. The molecule has 0 aromatic carbocycles. The van der Waals surface area contributed by atoms with Crippen LogP contribution in [-0.4, -0.2) is 42.0 Å². The van der Waals surface area contributed by atoms with E-state index in [4.69, 9.17) is 11.6 Å². The summed E-state index contributed by atoms with van der Waals surface area (Å²) in [5.41, 5.74) is 0.575. The molecule has 1 aromatic rings. The lowest BCUT2D eigenvalue weighted by Crippen LogP contribution is -2.38. The number of aromatic nitrogens is 1. The van der Waals surface area contributed by atoms with E-state index in [-0.39, 0.29) is 5.91 Å². The van der Waals surface area contributed by atoms with Gasteiger partial charge in [0, 0.05) is 18.3 Å². The number of carbonyl (C=O) groups is 1. The van der Waals surface area contributed by atoms with Gasteiger partial charge in [-0.15, -0.1) is 0 Å². The molecule has 19 heavy (non-hydrogen) atoms. The number of nitrogens with one attached hydrogen (secondary N) is 1. The van der Waals surface area contributed by atoms with E-state index in [1.807, 2.05) is 0 Å². The van der Waals surface area contributed by atoms with Crippen LogP contribution in [0.1, 0.15) is 30.1 Å². The Labute approximate surface area is 119 Å². The lowest BCUT2D eigenvalue weighted by atomic mass is 9.97. The second-order valence-corrected chi connectivity index (χ2v) is 5.34. The summed E-state index contributed by atoms with van der Waals surface area (Å²) in [7, 11) is 0. The molecule has 0 spiro atoms. The fraction of sp³-hybridized carbons (Fsp3) is 0.571. The average Bonchev–Trinajstić information content (AvgIpc) is 2.45. The maximum absolute atomic E-state index is 12.0. The van der Waals surface area contributed by atoms with Crippen molar-refractivity contribution in [3.8, 4) is 0 Å². The third-order valence-corrected chi connectivity index (χ3v) is 3.90. The van der Waals surface area contributed by atoms with Gasteiger partial charge in [0.05, 0.1) is 0 Å². The van der Waals surface area contributed by atoms with Crippen molar-refractivity contribution in [3.63, 3.8) is 0 Å². The minimum atomic E-state index is -0.0674. The van der Waals surface area contributed by atoms with E-state index in [0.29, 0.717) is 16.6 Å². The molecular formula is C14H20ClN3O. The fourth-order valence-electron chi connectivity index (χ4n) is 2.39. The Morgan fingerprint density at radius 3 is 2.89 bits per heavy atom. The molecular weight excluding hydrogens is 262 g/mol. The molecule has 1 N–H and O–H groups in total. The molecule has 0 bridgehead atoms. The van der Waals surface area contributed by atoms with Crippen molar-refractivity contribution in [2.24, 2.45) is 5.92 Å². The van der Waals surface area contributed by atoms with Gasteiger partial charge in [0.15, 0.2) is 0 Å². The topological polar surface area (TPSA) is 45.2 Å². The third kappa shape index (κ3) is 4.18. The number of pyridine rings is 1. The molecule has 0 aliphatic carbocycles. The molecule has 1 fully saturated rings. The Bertz CT molecular complexity index is 430. The molecule has 0 unspecified atom stereocenters. The van der Waals surface area contributed by atoms with E-state index >= 15 is 0 Å². The van der Waals surface area contributed by atoms with Crippen molar-refractivity contribution in [1.29, 1.82) is 0 Å². The zero-order valence-electron chi connectivity index (χ0n) is 11.2. The predicted molar refractivity (Wildman–Crippen MR) is 76.4 cm³/mol. The van der Waals surface area contributed by atoms with Crippen molar-refractivity contribution in [1.82, 2.24) is 15.2 Å². The van der Waals surface area contributed by atoms with E-state index in [0.717, 1.165) is 39.0 Å². The summed E-state index contributed by atoms with van der Waals surface area (Å²) in [6.07, 6.45) is 3.87. The highest BCUT2D eigenvalue weighted by Crippen LogP contribution is 2.16. The molecule has 0 atom stereocenters. The van der Waals surface area contributed by atoms with Crippen molar-refractivity contribution in [3.05, 3.63) is 29.0 Å². The standard InChI is InChI=1S/C14H20ClN3O/c1-2-18-7-4-11(5-8-18)10-17-14(19)12-3-6-16-13(15)9-12/h3,6,9,11H,2,4-5,7-8,10H2,1H3,(H,17,19). The zero-order valence-corrected chi connectivity index (χ0v) is 12.0. The smallest absolute Gasteiger partial charge is 0.251 e. The highest BCUT2D eigenvalue weighted by Gasteiger charge is 2.18. The molecule has 1 aliphatic rings. The molecule has 5 heteroatoms. The lowest BCUT2D eigenvalue weighted by Gasteiger charge is -2.31. The lowest BCUT2D eigenvalue weighted by molar-refractivity contribution is 0.0936.